The van der Waals surface area contributed by atoms with Crippen molar-refractivity contribution in [1.82, 2.24) is 15.0 Å². The van der Waals surface area contributed by atoms with E-state index in [0.717, 1.165) is 57.6 Å². The SMILES string of the molecule is FC(F)(F)Oc1ccc(-c2nc(-c3ccc(OC(F)(F)F)cc3)nc(-c3ccc4c(c3)C3(c5ccccc5O4)c4ccccc4-c4ccccc43)n2)cc1. The second kappa shape index (κ2) is 12.2. The van der Waals surface area contributed by atoms with Gasteiger partial charge in [-0.1, -0.05) is 66.7 Å². The maximum Gasteiger partial charge on any atom is 0.573 e. The molecule has 1 aromatic heterocycles. The molecule has 54 heavy (non-hydrogen) atoms. The highest BCUT2D eigenvalue weighted by Gasteiger charge is 2.51. The number of rotatable bonds is 5. The summed E-state index contributed by atoms with van der Waals surface area (Å²) in [6.45, 7) is 0. The smallest absolute Gasteiger partial charge is 0.457 e. The number of nitrogens with zero attached hydrogens (tertiary/aromatic N) is 3. The Labute approximate surface area is 303 Å². The predicted octanol–water partition coefficient (Wildman–Crippen LogP) is 11.1. The Balaban J connectivity index is 1.23. The number of para-hydroxylation sites is 1. The van der Waals surface area contributed by atoms with E-state index in [-0.39, 0.29) is 17.5 Å². The number of fused-ring (bicyclic) bond motifs is 9. The molecule has 0 N–H and O–H groups in total. The zero-order chi connectivity index (χ0) is 37.2. The number of halogens is 6. The fourth-order valence-corrected chi connectivity index (χ4v) is 7.37. The minimum Gasteiger partial charge on any atom is -0.457 e. The molecule has 0 saturated heterocycles. The monoisotopic (exact) mass is 731 g/mol. The van der Waals surface area contributed by atoms with Crippen molar-refractivity contribution in [3.05, 3.63) is 162 Å². The lowest BCUT2D eigenvalue weighted by Crippen LogP contribution is -2.32. The van der Waals surface area contributed by atoms with Gasteiger partial charge in [0, 0.05) is 27.8 Å². The normalized spacial score (nSPS) is 13.7. The van der Waals surface area contributed by atoms with Crippen LogP contribution in [0.3, 0.4) is 0 Å². The van der Waals surface area contributed by atoms with Gasteiger partial charge in [0.1, 0.15) is 23.0 Å². The van der Waals surface area contributed by atoms with Gasteiger partial charge in [-0.25, -0.2) is 15.0 Å². The summed E-state index contributed by atoms with van der Waals surface area (Å²) >= 11 is 0. The molecule has 0 bridgehead atoms. The third-order valence-electron chi connectivity index (χ3n) is 9.43. The van der Waals surface area contributed by atoms with Crippen LogP contribution in [0, 0.1) is 0 Å². The fraction of sp³-hybridized carbons (Fsp3) is 0.0714. The standard InChI is InChI=1S/C42H23F6N3O3/c43-41(44,45)53-27-18-13-24(14-19-27)37-49-38(25-15-20-28(21-16-25)54-42(46,47)48)51-39(50-37)26-17-22-36-34(23-26)40(33-11-5-6-12-35(33)52-36)31-9-3-1-7-29(31)30-8-2-4-10-32(30)40/h1-23H. The van der Waals surface area contributed by atoms with Gasteiger partial charge in [0.2, 0.25) is 0 Å². The van der Waals surface area contributed by atoms with Crippen LogP contribution in [0.5, 0.6) is 23.0 Å². The minimum atomic E-state index is -4.88. The highest BCUT2D eigenvalue weighted by atomic mass is 19.4. The lowest BCUT2D eigenvalue weighted by molar-refractivity contribution is -0.275. The van der Waals surface area contributed by atoms with Gasteiger partial charge < -0.3 is 14.2 Å². The van der Waals surface area contributed by atoms with Crippen molar-refractivity contribution in [2.24, 2.45) is 0 Å². The summed E-state index contributed by atoms with van der Waals surface area (Å²) in [5.41, 5.74) is 6.57. The van der Waals surface area contributed by atoms with E-state index < -0.39 is 29.6 Å². The van der Waals surface area contributed by atoms with Crippen LogP contribution < -0.4 is 14.2 Å². The van der Waals surface area contributed by atoms with Gasteiger partial charge in [-0.05, 0) is 95.1 Å². The second-order valence-electron chi connectivity index (χ2n) is 12.6. The highest BCUT2D eigenvalue weighted by Crippen LogP contribution is 2.62. The lowest BCUT2D eigenvalue weighted by atomic mass is 9.66. The van der Waals surface area contributed by atoms with Crippen molar-refractivity contribution in [3.8, 4) is 68.3 Å². The number of aromatic nitrogens is 3. The summed E-state index contributed by atoms with van der Waals surface area (Å²) in [5, 5.41) is 0. The van der Waals surface area contributed by atoms with Crippen LogP contribution in [0.1, 0.15) is 22.3 Å². The summed E-state index contributed by atoms with van der Waals surface area (Å²) in [4.78, 5) is 14.1. The van der Waals surface area contributed by atoms with Crippen LogP contribution in [-0.4, -0.2) is 27.7 Å². The van der Waals surface area contributed by atoms with E-state index >= 15 is 0 Å². The van der Waals surface area contributed by atoms with Crippen molar-refractivity contribution in [3.63, 3.8) is 0 Å². The summed E-state index contributed by atoms with van der Waals surface area (Å²) in [5.74, 6) is 0.891. The molecule has 0 radical (unpaired) electrons. The number of hydrogen-bond donors (Lipinski definition) is 0. The molecule has 0 amide bonds. The Morgan fingerprint density at radius 2 is 0.833 bits per heavy atom. The zero-order valence-corrected chi connectivity index (χ0v) is 27.6. The van der Waals surface area contributed by atoms with E-state index in [0.29, 0.717) is 28.2 Å². The number of alkyl halides is 6. The largest absolute Gasteiger partial charge is 0.573 e. The van der Waals surface area contributed by atoms with Gasteiger partial charge in [0.15, 0.2) is 17.5 Å². The molecule has 2 aliphatic rings. The molecular formula is C42H23F6N3O3. The van der Waals surface area contributed by atoms with Crippen molar-refractivity contribution in [2.75, 3.05) is 0 Å². The molecular weight excluding hydrogens is 708 g/mol. The first-order chi connectivity index (χ1) is 26.0. The molecule has 7 aromatic rings. The Morgan fingerprint density at radius 3 is 1.33 bits per heavy atom. The highest BCUT2D eigenvalue weighted by molar-refractivity contribution is 5.89. The third kappa shape index (κ3) is 5.67. The predicted molar refractivity (Wildman–Crippen MR) is 187 cm³/mol. The molecule has 266 valence electrons. The lowest BCUT2D eigenvalue weighted by Gasteiger charge is -2.39. The number of ether oxygens (including phenoxy) is 3. The number of benzene rings is 6. The average molecular weight is 732 g/mol. The zero-order valence-electron chi connectivity index (χ0n) is 27.6. The van der Waals surface area contributed by atoms with Crippen molar-refractivity contribution in [1.29, 1.82) is 0 Å². The van der Waals surface area contributed by atoms with E-state index in [9.17, 15) is 26.3 Å². The molecule has 0 saturated carbocycles. The van der Waals surface area contributed by atoms with Crippen LogP contribution in [0.4, 0.5) is 26.3 Å². The Kier molecular flexibility index (Phi) is 7.49. The molecule has 12 heteroatoms. The van der Waals surface area contributed by atoms with E-state index in [4.69, 9.17) is 14.7 Å². The first-order valence-corrected chi connectivity index (χ1v) is 16.6. The molecule has 1 spiro atoms. The molecule has 6 aromatic carbocycles. The minimum absolute atomic E-state index is 0.106. The van der Waals surface area contributed by atoms with Crippen molar-refractivity contribution < 1.29 is 40.6 Å². The quantitative estimate of drug-likeness (QED) is 0.164. The Hall–Kier alpha value is -6.69. The first kappa shape index (κ1) is 33.2. The Morgan fingerprint density at radius 1 is 0.426 bits per heavy atom. The van der Waals surface area contributed by atoms with Gasteiger partial charge in [0.05, 0.1) is 5.41 Å². The molecule has 0 unspecified atom stereocenters. The molecule has 1 aliphatic carbocycles. The molecule has 1 aliphatic heterocycles. The van der Waals surface area contributed by atoms with Crippen LogP contribution >= 0.6 is 0 Å². The van der Waals surface area contributed by atoms with Gasteiger partial charge in [-0.15, -0.1) is 26.3 Å². The van der Waals surface area contributed by atoms with Crippen LogP contribution in [0.2, 0.25) is 0 Å². The molecule has 0 fully saturated rings. The second-order valence-corrected chi connectivity index (χ2v) is 12.6. The molecule has 9 rings (SSSR count). The summed E-state index contributed by atoms with van der Waals surface area (Å²) in [6, 6.07) is 40.1. The van der Waals surface area contributed by atoms with E-state index in [2.05, 4.69) is 44.8 Å². The molecule has 0 atom stereocenters. The van der Waals surface area contributed by atoms with Gasteiger partial charge in [0.25, 0.3) is 0 Å². The third-order valence-corrected chi connectivity index (χ3v) is 9.43. The van der Waals surface area contributed by atoms with Gasteiger partial charge in [-0.2, -0.15) is 0 Å². The average Bonchev–Trinajstić information content (AvgIpc) is 3.45. The molecule has 6 nitrogen and oxygen atoms in total. The van der Waals surface area contributed by atoms with Crippen LogP contribution in [0.15, 0.2) is 140 Å². The van der Waals surface area contributed by atoms with Gasteiger partial charge in [-0.3, -0.25) is 0 Å². The summed E-state index contributed by atoms with van der Waals surface area (Å²) in [6.07, 6.45) is -9.77. The van der Waals surface area contributed by atoms with Crippen molar-refractivity contribution in [2.45, 2.75) is 18.1 Å². The van der Waals surface area contributed by atoms with E-state index in [1.807, 2.05) is 54.6 Å². The summed E-state index contributed by atoms with van der Waals surface area (Å²) < 4.78 is 92.0. The number of hydrogen-bond acceptors (Lipinski definition) is 6. The Bertz CT molecular complexity index is 2450. The van der Waals surface area contributed by atoms with Crippen LogP contribution in [0.25, 0.3) is 45.3 Å². The topological polar surface area (TPSA) is 66.4 Å². The van der Waals surface area contributed by atoms with Crippen molar-refractivity contribution >= 4 is 0 Å². The maximum absolute atomic E-state index is 12.9. The van der Waals surface area contributed by atoms with E-state index in [1.54, 1.807) is 6.07 Å². The summed E-state index contributed by atoms with van der Waals surface area (Å²) in [7, 11) is 0. The fourth-order valence-electron chi connectivity index (χ4n) is 7.37. The first-order valence-electron chi connectivity index (χ1n) is 16.6. The van der Waals surface area contributed by atoms with Crippen LogP contribution in [-0.2, 0) is 5.41 Å². The van der Waals surface area contributed by atoms with Gasteiger partial charge >= 0.3 is 12.7 Å². The molecule has 2 heterocycles. The van der Waals surface area contributed by atoms with E-state index in [1.165, 1.54) is 24.3 Å². The maximum atomic E-state index is 12.9.